The van der Waals surface area contributed by atoms with Gasteiger partial charge in [-0.25, -0.2) is 4.39 Å². The molecule has 0 aliphatic rings. The van der Waals surface area contributed by atoms with E-state index in [0.717, 1.165) is 18.9 Å². The molecule has 88 valence electrons. The van der Waals surface area contributed by atoms with Crippen molar-refractivity contribution in [2.24, 2.45) is 0 Å². The summed E-state index contributed by atoms with van der Waals surface area (Å²) in [5.74, 6) is -0.973. The van der Waals surface area contributed by atoms with Crippen LogP contribution in [-0.4, -0.2) is 11.9 Å². The SMILES string of the molecule is CCCC(C)NC(=O)c1ccc(N)cc1F. The van der Waals surface area contributed by atoms with Gasteiger partial charge in [0.05, 0.1) is 5.56 Å². The molecule has 1 aromatic rings. The summed E-state index contributed by atoms with van der Waals surface area (Å²) < 4.78 is 13.4. The van der Waals surface area contributed by atoms with Crippen LogP contribution in [-0.2, 0) is 0 Å². The summed E-state index contributed by atoms with van der Waals surface area (Å²) >= 11 is 0. The third-order valence-electron chi connectivity index (χ3n) is 2.34. The molecule has 0 saturated heterocycles. The Labute approximate surface area is 94.8 Å². The summed E-state index contributed by atoms with van der Waals surface area (Å²) in [4.78, 5) is 11.7. The number of rotatable bonds is 4. The van der Waals surface area contributed by atoms with Gasteiger partial charge in [-0.15, -0.1) is 0 Å². The molecule has 1 rings (SSSR count). The normalized spacial score (nSPS) is 12.2. The number of benzene rings is 1. The smallest absolute Gasteiger partial charge is 0.254 e. The van der Waals surface area contributed by atoms with Gasteiger partial charge in [0.1, 0.15) is 5.82 Å². The fourth-order valence-corrected chi connectivity index (χ4v) is 1.52. The lowest BCUT2D eigenvalue weighted by Crippen LogP contribution is -2.32. The maximum absolute atomic E-state index is 13.4. The molecule has 0 spiro atoms. The van der Waals surface area contributed by atoms with Crippen LogP contribution in [0.3, 0.4) is 0 Å². The lowest BCUT2D eigenvalue weighted by Gasteiger charge is -2.13. The second-order valence-corrected chi connectivity index (χ2v) is 3.90. The number of amides is 1. The largest absolute Gasteiger partial charge is 0.399 e. The Bertz CT molecular complexity index is 379. The van der Waals surface area contributed by atoms with Crippen LogP contribution in [0.5, 0.6) is 0 Å². The molecular formula is C12H17FN2O. The molecule has 0 aromatic heterocycles. The lowest BCUT2D eigenvalue weighted by molar-refractivity contribution is 0.0934. The number of nitrogens with two attached hydrogens (primary N) is 1. The van der Waals surface area contributed by atoms with Crippen molar-refractivity contribution in [1.82, 2.24) is 5.32 Å². The standard InChI is InChI=1S/C12H17FN2O/c1-3-4-8(2)15-12(16)10-6-5-9(14)7-11(10)13/h5-8H,3-4,14H2,1-2H3,(H,15,16). The van der Waals surface area contributed by atoms with E-state index in [1.807, 2.05) is 13.8 Å². The summed E-state index contributed by atoms with van der Waals surface area (Å²) in [6, 6.07) is 4.12. The molecule has 1 unspecified atom stereocenters. The van der Waals surface area contributed by atoms with Crippen LogP contribution in [0.15, 0.2) is 18.2 Å². The molecule has 0 aliphatic heterocycles. The van der Waals surface area contributed by atoms with Crippen LogP contribution in [0, 0.1) is 5.82 Å². The quantitative estimate of drug-likeness (QED) is 0.771. The number of halogens is 1. The van der Waals surface area contributed by atoms with E-state index in [0.29, 0.717) is 5.69 Å². The molecule has 1 amide bonds. The molecule has 3 N–H and O–H groups in total. The summed E-state index contributed by atoms with van der Waals surface area (Å²) in [6.07, 6.45) is 1.86. The van der Waals surface area contributed by atoms with Crippen LogP contribution < -0.4 is 11.1 Å². The van der Waals surface area contributed by atoms with Crippen LogP contribution in [0.1, 0.15) is 37.0 Å². The molecule has 0 saturated carbocycles. The van der Waals surface area contributed by atoms with Gasteiger partial charge < -0.3 is 11.1 Å². The molecular weight excluding hydrogens is 207 g/mol. The van der Waals surface area contributed by atoms with Crippen LogP contribution in [0.2, 0.25) is 0 Å². The molecule has 0 bridgehead atoms. The summed E-state index contributed by atoms with van der Waals surface area (Å²) in [6.45, 7) is 3.93. The third kappa shape index (κ3) is 3.22. The van der Waals surface area contributed by atoms with Crippen molar-refractivity contribution in [3.63, 3.8) is 0 Å². The van der Waals surface area contributed by atoms with E-state index in [1.165, 1.54) is 12.1 Å². The van der Waals surface area contributed by atoms with Crippen LogP contribution >= 0.6 is 0 Å². The van der Waals surface area contributed by atoms with Crippen LogP contribution in [0.4, 0.5) is 10.1 Å². The first-order valence-corrected chi connectivity index (χ1v) is 5.40. The van der Waals surface area contributed by atoms with Gasteiger partial charge in [-0.2, -0.15) is 0 Å². The van der Waals surface area contributed by atoms with E-state index in [4.69, 9.17) is 5.73 Å². The highest BCUT2D eigenvalue weighted by Crippen LogP contribution is 2.12. The number of carbonyl (C=O) groups excluding carboxylic acids is 1. The predicted octanol–water partition coefficient (Wildman–Crippen LogP) is 2.33. The van der Waals surface area contributed by atoms with Gasteiger partial charge >= 0.3 is 0 Å². The molecule has 0 heterocycles. The summed E-state index contributed by atoms with van der Waals surface area (Å²) in [7, 11) is 0. The topological polar surface area (TPSA) is 55.1 Å². The summed E-state index contributed by atoms with van der Waals surface area (Å²) in [5, 5.41) is 2.74. The van der Waals surface area contributed by atoms with E-state index >= 15 is 0 Å². The van der Waals surface area contributed by atoms with E-state index in [-0.39, 0.29) is 11.6 Å². The number of carbonyl (C=O) groups is 1. The number of hydrogen-bond donors (Lipinski definition) is 2. The maximum atomic E-state index is 13.4. The van der Waals surface area contributed by atoms with Gasteiger partial charge in [0, 0.05) is 11.7 Å². The molecule has 0 fully saturated rings. The lowest BCUT2D eigenvalue weighted by atomic mass is 10.1. The monoisotopic (exact) mass is 224 g/mol. The highest BCUT2D eigenvalue weighted by atomic mass is 19.1. The van der Waals surface area contributed by atoms with Gasteiger partial charge in [-0.3, -0.25) is 4.79 Å². The van der Waals surface area contributed by atoms with Gasteiger partial charge in [0.15, 0.2) is 0 Å². The van der Waals surface area contributed by atoms with Crippen molar-refractivity contribution in [2.45, 2.75) is 32.7 Å². The molecule has 0 radical (unpaired) electrons. The molecule has 16 heavy (non-hydrogen) atoms. The minimum absolute atomic E-state index is 0.0390. The van der Waals surface area contributed by atoms with Gasteiger partial charge in [-0.05, 0) is 31.5 Å². The van der Waals surface area contributed by atoms with E-state index in [2.05, 4.69) is 5.32 Å². The van der Waals surface area contributed by atoms with E-state index in [9.17, 15) is 9.18 Å². The first kappa shape index (κ1) is 12.5. The number of nitrogen functional groups attached to an aromatic ring is 1. The molecule has 0 aliphatic carbocycles. The van der Waals surface area contributed by atoms with Crippen molar-refractivity contribution < 1.29 is 9.18 Å². The zero-order valence-corrected chi connectivity index (χ0v) is 9.59. The third-order valence-corrected chi connectivity index (χ3v) is 2.34. The van der Waals surface area contributed by atoms with Gasteiger partial charge in [0.2, 0.25) is 0 Å². The second-order valence-electron chi connectivity index (χ2n) is 3.90. The minimum Gasteiger partial charge on any atom is -0.399 e. The Balaban J connectivity index is 2.73. The second kappa shape index (κ2) is 5.49. The fourth-order valence-electron chi connectivity index (χ4n) is 1.52. The highest BCUT2D eigenvalue weighted by Gasteiger charge is 2.13. The van der Waals surface area contributed by atoms with Crippen LogP contribution in [0.25, 0.3) is 0 Å². The number of nitrogens with one attached hydrogen (secondary N) is 1. The number of hydrogen-bond acceptors (Lipinski definition) is 2. The summed E-state index contributed by atoms with van der Waals surface area (Å²) in [5.41, 5.74) is 5.76. The van der Waals surface area contributed by atoms with E-state index in [1.54, 1.807) is 0 Å². The fraction of sp³-hybridized carbons (Fsp3) is 0.417. The molecule has 1 aromatic carbocycles. The first-order chi connectivity index (χ1) is 7.54. The van der Waals surface area contributed by atoms with Crippen molar-refractivity contribution in [2.75, 3.05) is 5.73 Å². The maximum Gasteiger partial charge on any atom is 0.254 e. The van der Waals surface area contributed by atoms with Crippen molar-refractivity contribution in [3.8, 4) is 0 Å². The minimum atomic E-state index is -0.582. The number of anilines is 1. The molecule has 1 atom stereocenters. The van der Waals surface area contributed by atoms with Crippen molar-refractivity contribution in [3.05, 3.63) is 29.6 Å². The van der Waals surface area contributed by atoms with E-state index < -0.39 is 11.7 Å². The predicted molar refractivity (Wildman–Crippen MR) is 62.6 cm³/mol. The zero-order chi connectivity index (χ0) is 12.1. The Hall–Kier alpha value is -1.58. The Morgan fingerprint density at radius 1 is 1.56 bits per heavy atom. The first-order valence-electron chi connectivity index (χ1n) is 5.40. The van der Waals surface area contributed by atoms with Gasteiger partial charge in [-0.1, -0.05) is 13.3 Å². The van der Waals surface area contributed by atoms with Crippen molar-refractivity contribution in [1.29, 1.82) is 0 Å². The Kier molecular flexibility index (Phi) is 4.28. The molecule has 3 nitrogen and oxygen atoms in total. The Morgan fingerprint density at radius 2 is 2.25 bits per heavy atom. The molecule has 4 heteroatoms. The van der Waals surface area contributed by atoms with Gasteiger partial charge in [0.25, 0.3) is 5.91 Å². The van der Waals surface area contributed by atoms with Crippen molar-refractivity contribution >= 4 is 11.6 Å². The average Bonchev–Trinajstić information content (AvgIpc) is 2.17. The zero-order valence-electron chi connectivity index (χ0n) is 9.59. The average molecular weight is 224 g/mol. The highest BCUT2D eigenvalue weighted by molar-refractivity contribution is 5.94. The Morgan fingerprint density at radius 3 is 2.81 bits per heavy atom.